The van der Waals surface area contributed by atoms with E-state index < -0.39 is 10.9 Å². The Bertz CT molecular complexity index is 573. The zero-order valence-corrected chi connectivity index (χ0v) is 11.8. The summed E-state index contributed by atoms with van der Waals surface area (Å²) in [6, 6.07) is 2.23. The maximum Gasteiger partial charge on any atom is 0.354 e. The van der Waals surface area contributed by atoms with Gasteiger partial charge in [0.05, 0.1) is 10.5 Å². The molecule has 2 N–H and O–H groups in total. The van der Waals surface area contributed by atoms with Gasteiger partial charge in [-0.15, -0.1) is 0 Å². The number of rotatable bonds is 4. The quantitative estimate of drug-likeness (QED) is 0.645. The van der Waals surface area contributed by atoms with E-state index >= 15 is 0 Å². The van der Waals surface area contributed by atoms with Crippen LogP contribution in [0.5, 0.6) is 0 Å². The summed E-state index contributed by atoms with van der Waals surface area (Å²) in [6.07, 6.45) is 1.34. The summed E-state index contributed by atoms with van der Waals surface area (Å²) in [4.78, 5) is 25.2. The van der Waals surface area contributed by atoms with Gasteiger partial charge in [0.25, 0.3) is 0 Å². The van der Waals surface area contributed by atoms with Crippen molar-refractivity contribution in [3.8, 4) is 0 Å². The van der Waals surface area contributed by atoms with E-state index in [0.29, 0.717) is 19.4 Å². The highest BCUT2D eigenvalue weighted by Crippen LogP contribution is 2.29. The predicted molar refractivity (Wildman–Crippen MR) is 74.5 cm³/mol. The van der Waals surface area contributed by atoms with Crippen molar-refractivity contribution in [1.29, 1.82) is 0 Å². The molecule has 21 heavy (non-hydrogen) atoms. The van der Waals surface area contributed by atoms with Crippen molar-refractivity contribution in [3.05, 3.63) is 27.9 Å². The van der Waals surface area contributed by atoms with Crippen molar-refractivity contribution in [3.63, 3.8) is 0 Å². The van der Waals surface area contributed by atoms with Gasteiger partial charge in [-0.2, -0.15) is 0 Å². The Labute approximate surface area is 121 Å². The lowest BCUT2D eigenvalue weighted by Gasteiger charge is -2.35. The summed E-state index contributed by atoms with van der Waals surface area (Å²) in [5, 5.41) is 23.0. The Morgan fingerprint density at radius 3 is 2.86 bits per heavy atom. The van der Waals surface area contributed by atoms with Crippen LogP contribution in [0.1, 0.15) is 37.2 Å². The van der Waals surface area contributed by atoms with Crippen molar-refractivity contribution >= 4 is 17.5 Å². The molecule has 8 heteroatoms. The van der Waals surface area contributed by atoms with Crippen LogP contribution in [0.25, 0.3) is 0 Å². The van der Waals surface area contributed by atoms with Gasteiger partial charge in [-0.3, -0.25) is 10.1 Å². The molecule has 2 heterocycles. The highest BCUT2D eigenvalue weighted by atomic mass is 16.6. The largest absolute Gasteiger partial charge is 0.477 e. The monoisotopic (exact) mass is 295 g/mol. The van der Waals surface area contributed by atoms with E-state index in [1.807, 2.05) is 13.8 Å². The van der Waals surface area contributed by atoms with Crippen molar-refractivity contribution in [2.75, 3.05) is 11.9 Å². The molecule has 0 aliphatic carbocycles. The summed E-state index contributed by atoms with van der Waals surface area (Å²) in [7, 11) is 0. The van der Waals surface area contributed by atoms with Crippen LogP contribution in [-0.2, 0) is 4.74 Å². The number of ether oxygens (including phenoxy) is 1. The highest BCUT2D eigenvalue weighted by molar-refractivity contribution is 5.86. The standard InChI is InChI=1S/C13H17N3O5/c1-13(2)7-8(5-6-21-13)14-11-10(16(19)20)4-3-9(15-11)12(17)18/h3-4,8H,5-7H2,1-2H3,(H,14,15)(H,17,18). The number of aromatic nitrogens is 1. The van der Waals surface area contributed by atoms with Crippen molar-refractivity contribution in [2.45, 2.75) is 38.3 Å². The van der Waals surface area contributed by atoms with Crippen molar-refractivity contribution < 1.29 is 19.6 Å². The molecule has 1 aliphatic rings. The second kappa shape index (κ2) is 5.65. The molecule has 1 unspecified atom stereocenters. The third kappa shape index (κ3) is 3.66. The summed E-state index contributed by atoms with van der Waals surface area (Å²) in [6.45, 7) is 4.42. The van der Waals surface area contributed by atoms with E-state index in [9.17, 15) is 14.9 Å². The first-order valence-electron chi connectivity index (χ1n) is 6.58. The molecule has 0 bridgehead atoms. The van der Waals surface area contributed by atoms with Gasteiger partial charge in [0.15, 0.2) is 5.69 Å². The topological polar surface area (TPSA) is 115 Å². The summed E-state index contributed by atoms with van der Waals surface area (Å²) < 4.78 is 5.58. The molecule has 1 aromatic rings. The fraction of sp³-hybridized carbons (Fsp3) is 0.538. The maximum absolute atomic E-state index is 11.0. The molecule has 1 aliphatic heterocycles. The average Bonchev–Trinajstić information content (AvgIpc) is 2.37. The molecule has 0 aromatic carbocycles. The van der Waals surface area contributed by atoms with Gasteiger partial charge in [-0.05, 0) is 32.8 Å². The van der Waals surface area contributed by atoms with Gasteiger partial charge in [-0.1, -0.05) is 0 Å². The van der Waals surface area contributed by atoms with E-state index in [4.69, 9.17) is 9.84 Å². The smallest absolute Gasteiger partial charge is 0.354 e. The highest BCUT2D eigenvalue weighted by Gasteiger charge is 2.30. The van der Waals surface area contributed by atoms with Gasteiger partial charge in [-0.25, -0.2) is 9.78 Å². The minimum Gasteiger partial charge on any atom is -0.477 e. The average molecular weight is 295 g/mol. The lowest BCUT2D eigenvalue weighted by atomic mass is 9.94. The van der Waals surface area contributed by atoms with E-state index in [0.717, 1.165) is 12.1 Å². The number of nitrogens with one attached hydrogen (secondary N) is 1. The van der Waals surface area contributed by atoms with Crippen LogP contribution in [0.2, 0.25) is 0 Å². The minimum absolute atomic E-state index is 0.0115. The molecule has 114 valence electrons. The third-order valence-electron chi connectivity index (χ3n) is 3.33. The Balaban J connectivity index is 2.26. The molecule has 8 nitrogen and oxygen atoms in total. The molecule has 0 saturated carbocycles. The Kier molecular flexibility index (Phi) is 4.08. The Hall–Kier alpha value is -2.22. The number of hydrogen-bond donors (Lipinski definition) is 2. The van der Waals surface area contributed by atoms with E-state index in [1.54, 1.807) is 0 Å². The van der Waals surface area contributed by atoms with Crippen LogP contribution in [0.4, 0.5) is 11.5 Å². The van der Waals surface area contributed by atoms with E-state index in [-0.39, 0.29) is 28.8 Å². The zero-order valence-electron chi connectivity index (χ0n) is 11.8. The summed E-state index contributed by atoms with van der Waals surface area (Å²) in [5.74, 6) is -1.23. The molecule has 0 radical (unpaired) electrons. The lowest BCUT2D eigenvalue weighted by Crippen LogP contribution is -2.40. The van der Waals surface area contributed by atoms with Crippen molar-refractivity contribution in [1.82, 2.24) is 4.98 Å². The normalized spacial score (nSPS) is 20.8. The Morgan fingerprint density at radius 1 is 1.57 bits per heavy atom. The van der Waals surface area contributed by atoms with E-state index in [2.05, 4.69) is 10.3 Å². The van der Waals surface area contributed by atoms with Gasteiger partial charge in [0, 0.05) is 18.7 Å². The fourth-order valence-corrected chi connectivity index (χ4v) is 2.37. The minimum atomic E-state index is -1.22. The number of carboxylic acids is 1. The first-order chi connectivity index (χ1) is 9.78. The number of anilines is 1. The number of nitro groups is 1. The fourth-order valence-electron chi connectivity index (χ4n) is 2.37. The number of carboxylic acid groups (broad SMARTS) is 1. The van der Waals surface area contributed by atoms with Crippen LogP contribution in [0.15, 0.2) is 12.1 Å². The SMILES string of the molecule is CC1(C)CC(Nc2nc(C(=O)O)ccc2[N+](=O)[O-])CCO1. The molecular weight excluding hydrogens is 278 g/mol. The van der Waals surface area contributed by atoms with Crippen LogP contribution < -0.4 is 5.32 Å². The number of carbonyl (C=O) groups is 1. The second-order valence-corrected chi connectivity index (χ2v) is 5.57. The molecule has 1 saturated heterocycles. The molecular formula is C13H17N3O5. The number of aromatic carboxylic acids is 1. The van der Waals surface area contributed by atoms with E-state index in [1.165, 1.54) is 0 Å². The number of nitrogens with zero attached hydrogens (tertiary/aromatic N) is 2. The molecule has 1 atom stereocenters. The third-order valence-corrected chi connectivity index (χ3v) is 3.33. The lowest BCUT2D eigenvalue weighted by molar-refractivity contribution is -0.384. The van der Waals surface area contributed by atoms with Gasteiger partial charge in [0.2, 0.25) is 5.82 Å². The predicted octanol–water partition coefficient (Wildman–Crippen LogP) is 2.06. The van der Waals surface area contributed by atoms with Crippen LogP contribution in [-0.4, -0.2) is 39.2 Å². The Morgan fingerprint density at radius 2 is 2.29 bits per heavy atom. The van der Waals surface area contributed by atoms with Crippen LogP contribution >= 0.6 is 0 Å². The number of hydrogen-bond acceptors (Lipinski definition) is 6. The molecule has 2 rings (SSSR count). The van der Waals surface area contributed by atoms with Gasteiger partial charge < -0.3 is 15.2 Å². The van der Waals surface area contributed by atoms with Crippen LogP contribution in [0.3, 0.4) is 0 Å². The second-order valence-electron chi connectivity index (χ2n) is 5.57. The molecule has 0 amide bonds. The summed E-state index contributed by atoms with van der Waals surface area (Å²) in [5.41, 5.74) is -0.784. The van der Waals surface area contributed by atoms with Crippen LogP contribution in [0, 0.1) is 10.1 Å². The van der Waals surface area contributed by atoms with Gasteiger partial charge >= 0.3 is 11.7 Å². The molecule has 0 spiro atoms. The first kappa shape index (κ1) is 15.2. The summed E-state index contributed by atoms with van der Waals surface area (Å²) >= 11 is 0. The van der Waals surface area contributed by atoms with Crippen molar-refractivity contribution in [2.24, 2.45) is 0 Å². The number of pyridine rings is 1. The molecule has 1 aromatic heterocycles. The van der Waals surface area contributed by atoms with Gasteiger partial charge in [0.1, 0.15) is 0 Å². The molecule has 1 fully saturated rings. The maximum atomic E-state index is 11.0. The zero-order chi connectivity index (χ0) is 15.6. The first-order valence-corrected chi connectivity index (χ1v) is 6.58.